The first kappa shape index (κ1) is 19.1. The molecule has 1 aromatic carbocycles. The highest BCUT2D eigenvalue weighted by Gasteiger charge is 2.38. The van der Waals surface area contributed by atoms with Crippen LogP contribution in [0.1, 0.15) is 68.1 Å². The number of rotatable bonds is 3. The maximum atomic E-state index is 13.3. The van der Waals surface area contributed by atoms with Crippen molar-refractivity contribution >= 4 is 17.5 Å². The topological polar surface area (TPSA) is 78.1 Å². The minimum Gasteiger partial charge on any atom is -0.343 e. The fourth-order valence-electron chi connectivity index (χ4n) is 4.98. The third kappa shape index (κ3) is 3.24. The smallest absolute Gasteiger partial charge is 0.258 e. The minimum absolute atomic E-state index is 0.137. The summed E-state index contributed by atoms with van der Waals surface area (Å²) in [4.78, 5) is 36.3. The van der Waals surface area contributed by atoms with Crippen molar-refractivity contribution in [3.63, 3.8) is 0 Å². The van der Waals surface area contributed by atoms with Gasteiger partial charge in [0.25, 0.3) is 5.56 Å². The van der Waals surface area contributed by atoms with E-state index in [0.717, 1.165) is 62.0 Å². The second kappa shape index (κ2) is 7.74. The van der Waals surface area contributed by atoms with Crippen molar-refractivity contribution in [1.29, 1.82) is 0 Å². The van der Waals surface area contributed by atoms with E-state index in [0.29, 0.717) is 23.8 Å². The summed E-state index contributed by atoms with van der Waals surface area (Å²) in [5.74, 6) is 1.02. The summed E-state index contributed by atoms with van der Waals surface area (Å²) in [6.45, 7) is 3.95. The fraction of sp³-hybridized carbons (Fsp3) is 0.458. The van der Waals surface area contributed by atoms with E-state index < -0.39 is 0 Å². The van der Waals surface area contributed by atoms with E-state index in [4.69, 9.17) is 4.98 Å². The summed E-state index contributed by atoms with van der Waals surface area (Å²) in [6.07, 6.45) is 6.60. The van der Waals surface area contributed by atoms with Crippen LogP contribution in [0, 0.1) is 0 Å². The summed E-state index contributed by atoms with van der Waals surface area (Å²) in [5, 5.41) is 3.37. The molecule has 1 saturated heterocycles. The molecule has 30 heavy (non-hydrogen) atoms. The zero-order valence-corrected chi connectivity index (χ0v) is 17.5. The summed E-state index contributed by atoms with van der Waals surface area (Å²) >= 11 is 0. The van der Waals surface area contributed by atoms with E-state index in [-0.39, 0.29) is 17.3 Å². The second-order valence-electron chi connectivity index (χ2n) is 8.52. The Morgan fingerprint density at radius 2 is 1.80 bits per heavy atom. The number of H-pyrrole nitrogens is 1. The van der Waals surface area contributed by atoms with E-state index in [9.17, 15) is 9.59 Å². The lowest BCUT2D eigenvalue weighted by Gasteiger charge is -2.34. The number of piperidine rings is 1. The van der Waals surface area contributed by atoms with Crippen molar-refractivity contribution < 1.29 is 4.79 Å². The molecule has 3 aliphatic rings. The quantitative estimate of drug-likeness (QED) is 0.812. The molecule has 3 heterocycles. The highest BCUT2D eigenvalue weighted by atomic mass is 16.1. The van der Waals surface area contributed by atoms with Crippen molar-refractivity contribution in [1.82, 2.24) is 9.97 Å². The number of aromatic nitrogens is 2. The normalized spacial score (nSPS) is 21.2. The van der Waals surface area contributed by atoms with Crippen LogP contribution in [-0.4, -0.2) is 28.8 Å². The Labute approximate surface area is 176 Å². The van der Waals surface area contributed by atoms with Crippen molar-refractivity contribution in [2.75, 3.05) is 23.3 Å². The lowest BCUT2D eigenvalue weighted by Crippen LogP contribution is -2.36. The third-order valence-corrected chi connectivity index (χ3v) is 6.62. The van der Waals surface area contributed by atoms with Gasteiger partial charge in [-0.05, 0) is 49.7 Å². The second-order valence-corrected chi connectivity index (χ2v) is 8.52. The summed E-state index contributed by atoms with van der Waals surface area (Å²) in [5.41, 5.74) is 4.32. The molecule has 156 valence electrons. The number of hydrogen-bond donors (Lipinski definition) is 2. The van der Waals surface area contributed by atoms with Crippen LogP contribution in [0.2, 0.25) is 0 Å². The number of carbonyl (C=O) groups is 1. The lowest BCUT2D eigenvalue weighted by atomic mass is 9.76. The Morgan fingerprint density at radius 3 is 2.53 bits per heavy atom. The van der Waals surface area contributed by atoms with Gasteiger partial charge in [-0.3, -0.25) is 14.6 Å². The number of ketones is 1. The van der Waals surface area contributed by atoms with Crippen LogP contribution >= 0.6 is 0 Å². The van der Waals surface area contributed by atoms with Crippen molar-refractivity contribution in [3.05, 3.63) is 62.6 Å². The number of nitrogens with one attached hydrogen (secondary N) is 2. The molecule has 0 radical (unpaired) electrons. The van der Waals surface area contributed by atoms with Gasteiger partial charge in [0, 0.05) is 36.7 Å². The van der Waals surface area contributed by atoms with Gasteiger partial charge in [-0.2, -0.15) is 4.98 Å². The van der Waals surface area contributed by atoms with Gasteiger partial charge in [0.1, 0.15) is 5.82 Å². The van der Waals surface area contributed by atoms with E-state index in [1.54, 1.807) is 0 Å². The molecule has 1 fully saturated rings. The highest BCUT2D eigenvalue weighted by Crippen LogP contribution is 2.43. The number of carbonyl (C=O) groups excluding carboxylic acids is 1. The van der Waals surface area contributed by atoms with Gasteiger partial charge in [-0.25, -0.2) is 0 Å². The maximum Gasteiger partial charge on any atom is 0.258 e. The first-order valence-electron chi connectivity index (χ1n) is 11.2. The van der Waals surface area contributed by atoms with Gasteiger partial charge in [0.05, 0.1) is 5.56 Å². The largest absolute Gasteiger partial charge is 0.343 e. The summed E-state index contributed by atoms with van der Waals surface area (Å²) < 4.78 is 0. The van der Waals surface area contributed by atoms with E-state index >= 15 is 0 Å². The maximum absolute atomic E-state index is 13.3. The van der Waals surface area contributed by atoms with Crippen LogP contribution in [0.3, 0.4) is 0 Å². The van der Waals surface area contributed by atoms with Crippen LogP contribution in [-0.2, 0) is 11.2 Å². The Balaban J connectivity index is 1.65. The zero-order valence-electron chi connectivity index (χ0n) is 17.5. The molecule has 1 aliphatic carbocycles. The number of allylic oxidation sites excluding steroid dienone is 2. The summed E-state index contributed by atoms with van der Waals surface area (Å²) in [6, 6.07) is 8.30. The molecule has 0 bridgehead atoms. The number of Topliss-reactive ketones (excluding diaryl/α,β-unsaturated/α-hetero) is 1. The molecule has 1 aromatic heterocycles. The number of benzene rings is 1. The Bertz CT molecular complexity index is 1060. The molecule has 2 aliphatic heterocycles. The Hall–Kier alpha value is -2.89. The SMILES string of the molecule is CCc1ccc(C2C3=C(CCCC3=O)Nc3nc(N4CCCCC4)[nH]c(=O)c32)cc1. The van der Waals surface area contributed by atoms with Crippen molar-refractivity contribution in [3.8, 4) is 0 Å². The summed E-state index contributed by atoms with van der Waals surface area (Å²) in [7, 11) is 0. The Morgan fingerprint density at radius 1 is 1.03 bits per heavy atom. The first-order valence-corrected chi connectivity index (χ1v) is 11.2. The number of nitrogens with zero attached hydrogens (tertiary/aromatic N) is 2. The predicted octanol–water partition coefficient (Wildman–Crippen LogP) is 3.89. The molecular weight excluding hydrogens is 376 g/mol. The number of aryl methyl sites for hydroxylation is 1. The van der Waals surface area contributed by atoms with Crippen LogP contribution in [0.25, 0.3) is 0 Å². The molecule has 0 spiro atoms. The zero-order chi connectivity index (χ0) is 20.7. The molecule has 0 amide bonds. The standard InChI is InChI=1S/C24H28N4O2/c1-2-15-9-11-16(12-10-15)19-20-17(7-6-8-18(20)29)25-22-21(19)23(30)27-24(26-22)28-13-4-3-5-14-28/h9-12,19H,2-8,13-14H2,1H3,(H2,25,26,27,30). The van der Waals surface area contributed by atoms with Crippen LogP contribution < -0.4 is 15.8 Å². The molecular formula is C24H28N4O2. The average molecular weight is 405 g/mol. The van der Waals surface area contributed by atoms with Gasteiger partial charge in [0.2, 0.25) is 5.95 Å². The molecule has 6 nitrogen and oxygen atoms in total. The molecule has 1 unspecified atom stereocenters. The van der Waals surface area contributed by atoms with Crippen molar-refractivity contribution in [2.45, 2.75) is 57.8 Å². The number of anilines is 2. The number of fused-ring (bicyclic) bond motifs is 1. The molecule has 5 rings (SSSR count). The molecule has 2 aromatic rings. The monoisotopic (exact) mass is 404 g/mol. The van der Waals surface area contributed by atoms with Crippen LogP contribution in [0.4, 0.5) is 11.8 Å². The van der Waals surface area contributed by atoms with Gasteiger partial charge in [0.15, 0.2) is 5.78 Å². The van der Waals surface area contributed by atoms with Gasteiger partial charge < -0.3 is 10.2 Å². The van der Waals surface area contributed by atoms with Crippen LogP contribution in [0.5, 0.6) is 0 Å². The number of hydrogen-bond acceptors (Lipinski definition) is 5. The molecule has 6 heteroatoms. The first-order chi connectivity index (χ1) is 14.7. The average Bonchev–Trinajstić information content (AvgIpc) is 2.78. The van der Waals surface area contributed by atoms with E-state index in [2.05, 4.69) is 46.4 Å². The van der Waals surface area contributed by atoms with Crippen molar-refractivity contribution in [2.24, 2.45) is 0 Å². The van der Waals surface area contributed by atoms with E-state index in [1.807, 2.05) is 0 Å². The fourth-order valence-corrected chi connectivity index (χ4v) is 4.98. The molecule has 0 saturated carbocycles. The van der Waals surface area contributed by atoms with Gasteiger partial charge in [-0.15, -0.1) is 0 Å². The number of aromatic amines is 1. The molecule has 1 atom stereocenters. The van der Waals surface area contributed by atoms with Gasteiger partial charge >= 0.3 is 0 Å². The third-order valence-electron chi connectivity index (χ3n) is 6.62. The van der Waals surface area contributed by atoms with E-state index in [1.165, 1.54) is 12.0 Å². The lowest BCUT2D eigenvalue weighted by molar-refractivity contribution is -0.116. The predicted molar refractivity (Wildman–Crippen MR) is 118 cm³/mol. The minimum atomic E-state index is -0.360. The Kier molecular flexibility index (Phi) is 4.93. The van der Waals surface area contributed by atoms with Crippen LogP contribution in [0.15, 0.2) is 40.3 Å². The highest BCUT2D eigenvalue weighted by molar-refractivity contribution is 6.00. The van der Waals surface area contributed by atoms with Gasteiger partial charge in [-0.1, -0.05) is 31.2 Å². The molecule has 2 N–H and O–H groups in total.